The van der Waals surface area contributed by atoms with Crippen LogP contribution in [0, 0.1) is 6.92 Å². The molecule has 31 heavy (non-hydrogen) atoms. The highest BCUT2D eigenvalue weighted by Crippen LogP contribution is 2.35. The van der Waals surface area contributed by atoms with Gasteiger partial charge < -0.3 is 10.1 Å². The van der Waals surface area contributed by atoms with Gasteiger partial charge in [0.25, 0.3) is 11.8 Å². The summed E-state index contributed by atoms with van der Waals surface area (Å²) in [6, 6.07) is 18.9. The minimum absolute atomic E-state index is 0.162. The molecule has 0 bridgehead atoms. The molecule has 0 aliphatic carbocycles. The Hall–Kier alpha value is -3.28. The molecule has 1 N–H and O–H groups in total. The van der Waals surface area contributed by atoms with Crippen LogP contribution in [-0.4, -0.2) is 18.9 Å². The van der Waals surface area contributed by atoms with Crippen LogP contribution >= 0.6 is 23.2 Å². The number of hydrogen-bond donors (Lipinski definition) is 1. The van der Waals surface area contributed by atoms with Gasteiger partial charge in [-0.05, 0) is 60.5 Å². The number of benzene rings is 3. The van der Waals surface area contributed by atoms with Crippen molar-refractivity contribution >= 4 is 52.0 Å². The molecule has 4 rings (SSSR count). The van der Waals surface area contributed by atoms with Crippen molar-refractivity contribution in [3.05, 3.63) is 93.6 Å². The number of rotatable bonds is 5. The fraction of sp³-hybridized carbons (Fsp3) is 0.0833. The molecule has 0 spiro atoms. The first-order chi connectivity index (χ1) is 14.9. The number of ether oxygens (including phenoxy) is 1. The number of carbonyl (C=O) groups excluding carboxylic acids is 2. The monoisotopic (exact) mass is 452 g/mol. The predicted molar refractivity (Wildman–Crippen MR) is 124 cm³/mol. The number of carbonyl (C=O) groups is 2. The predicted octanol–water partition coefficient (Wildman–Crippen LogP) is 5.71. The first kappa shape index (κ1) is 21.0. The molecule has 3 aromatic carbocycles. The lowest BCUT2D eigenvalue weighted by molar-refractivity contribution is -0.120. The number of amides is 2. The summed E-state index contributed by atoms with van der Waals surface area (Å²) in [6.07, 6.45) is 0. The second kappa shape index (κ2) is 8.46. The average molecular weight is 453 g/mol. The number of anilines is 2. The number of methoxy groups -OCH3 is 1. The first-order valence-electron chi connectivity index (χ1n) is 9.45. The third-order valence-corrected chi connectivity index (χ3v) is 5.61. The van der Waals surface area contributed by atoms with Gasteiger partial charge >= 0.3 is 0 Å². The smallest absolute Gasteiger partial charge is 0.282 e. The second-order valence-corrected chi connectivity index (χ2v) is 7.84. The Morgan fingerprint density at radius 2 is 1.65 bits per heavy atom. The van der Waals surface area contributed by atoms with Crippen LogP contribution in [0.3, 0.4) is 0 Å². The lowest BCUT2D eigenvalue weighted by Crippen LogP contribution is -2.32. The third-order valence-electron chi connectivity index (χ3n) is 4.97. The molecule has 0 atom stereocenters. The minimum atomic E-state index is -0.477. The summed E-state index contributed by atoms with van der Waals surface area (Å²) in [5.74, 6) is -0.277. The Kier molecular flexibility index (Phi) is 5.72. The molecule has 0 aromatic heterocycles. The number of nitrogens with zero attached hydrogens (tertiary/aromatic N) is 1. The van der Waals surface area contributed by atoms with Gasteiger partial charge in [-0.2, -0.15) is 0 Å². The van der Waals surface area contributed by atoms with Gasteiger partial charge in [-0.1, -0.05) is 47.5 Å². The maximum Gasteiger partial charge on any atom is 0.282 e. The molecule has 2 amide bonds. The Morgan fingerprint density at radius 1 is 0.903 bits per heavy atom. The molecule has 0 fully saturated rings. The van der Waals surface area contributed by atoms with Crippen LogP contribution in [0.1, 0.15) is 11.1 Å². The highest BCUT2D eigenvalue weighted by molar-refractivity contribution is 6.46. The molecule has 0 radical (unpaired) electrons. The van der Waals surface area contributed by atoms with Gasteiger partial charge in [0, 0.05) is 15.7 Å². The summed E-state index contributed by atoms with van der Waals surface area (Å²) >= 11 is 12.3. The highest BCUT2D eigenvalue weighted by atomic mass is 35.5. The van der Waals surface area contributed by atoms with Crippen LogP contribution in [0.2, 0.25) is 10.0 Å². The largest absolute Gasteiger partial charge is 0.497 e. The summed E-state index contributed by atoms with van der Waals surface area (Å²) < 4.78 is 5.21. The van der Waals surface area contributed by atoms with E-state index in [-0.39, 0.29) is 11.3 Å². The van der Waals surface area contributed by atoms with Gasteiger partial charge in [0.15, 0.2) is 0 Å². The van der Waals surface area contributed by atoms with E-state index in [0.717, 1.165) is 10.5 Å². The van der Waals surface area contributed by atoms with E-state index in [9.17, 15) is 9.59 Å². The van der Waals surface area contributed by atoms with E-state index < -0.39 is 11.8 Å². The Labute approximate surface area is 189 Å². The van der Waals surface area contributed by atoms with Crippen molar-refractivity contribution in [1.82, 2.24) is 0 Å². The van der Waals surface area contributed by atoms with Crippen molar-refractivity contribution in [2.75, 3.05) is 17.3 Å². The van der Waals surface area contributed by atoms with Gasteiger partial charge in [-0.3, -0.25) is 9.59 Å². The second-order valence-electron chi connectivity index (χ2n) is 6.99. The van der Waals surface area contributed by atoms with Crippen LogP contribution in [-0.2, 0) is 9.59 Å². The molecular formula is C24H18Cl2N2O3. The van der Waals surface area contributed by atoms with E-state index in [1.54, 1.807) is 67.8 Å². The first-order valence-corrected chi connectivity index (χ1v) is 10.2. The molecular weight excluding hydrogens is 435 g/mol. The van der Waals surface area contributed by atoms with Crippen molar-refractivity contribution in [2.24, 2.45) is 0 Å². The van der Waals surface area contributed by atoms with E-state index in [0.29, 0.717) is 32.7 Å². The SMILES string of the molecule is COc1ccc(C2=C(Nc3ccc(C)c(Cl)c3)C(=O)N(c3cccc(Cl)c3)C2=O)cc1. The molecule has 0 unspecified atom stereocenters. The van der Waals surface area contributed by atoms with Gasteiger partial charge in [0.1, 0.15) is 11.4 Å². The van der Waals surface area contributed by atoms with Crippen LogP contribution < -0.4 is 15.0 Å². The standard InChI is InChI=1S/C24H18Cl2N2O3/c1-14-6-9-17(13-20(14)26)27-22-21(15-7-10-19(31-2)11-8-15)23(29)28(24(22)30)18-5-3-4-16(25)12-18/h3-13,27H,1-2H3. The quantitative estimate of drug-likeness (QED) is 0.503. The van der Waals surface area contributed by atoms with Crippen molar-refractivity contribution < 1.29 is 14.3 Å². The lowest BCUT2D eigenvalue weighted by atomic mass is 10.0. The zero-order chi connectivity index (χ0) is 22.1. The van der Waals surface area contributed by atoms with E-state index in [4.69, 9.17) is 27.9 Å². The van der Waals surface area contributed by atoms with Gasteiger partial charge in [0.05, 0.1) is 18.4 Å². The van der Waals surface area contributed by atoms with Gasteiger partial charge in [-0.15, -0.1) is 0 Å². The van der Waals surface area contributed by atoms with Gasteiger partial charge in [-0.25, -0.2) is 4.90 Å². The fourth-order valence-corrected chi connectivity index (χ4v) is 3.70. The molecule has 0 saturated carbocycles. The fourth-order valence-electron chi connectivity index (χ4n) is 3.34. The molecule has 1 aliphatic heterocycles. The number of aryl methyl sites for hydroxylation is 1. The normalized spacial score (nSPS) is 13.7. The highest BCUT2D eigenvalue weighted by Gasteiger charge is 2.40. The van der Waals surface area contributed by atoms with E-state index >= 15 is 0 Å². The Bertz CT molecular complexity index is 1220. The summed E-state index contributed by atoms with van der Waals surface area (Å²) in [5, 5.41) is 4.08. The molecule has 3 aromatic rings. The summed E-state index contributed by atoms with van der Waals surface area (Å²) in [4.78, 5) is 27.9. The molecule has 156 valence electrons. The zero-order valence-electron chi connectivity index (χ0n) is 16.8. The van der Waals surface area contributed by atoms with E-state index in [1.165, 1.54) is 0 Å². The number of nitrogens with one attached hydrogen (secondary N) is 1. The van der Waals surface area contributed by atoms with Crippen LogP contribution in [0.25, 0.3) is 5.57 Å². The molecule has 1 aliphatic rings. The molecule has 7 heteroatoms. The maximum atomic E-state index is 13.4. The Balaban J connectivity index is 1.82. The number of imide groups is 1. The topological polar surface area (TPSA) is 58.6 Å². The molecule has 5 nitrogen and oxygen atoms in total. The van der Waals surface area contributed by atoms with Crippen LogP contribution in [0.4, 0.5) is 11.4 Å². The molecule has 0 saturated heterocycles. The molecule has 1 heterocycles. The summed E-state index contributed by atoms with van der Waals surface area (Å²) in [7, 11) is 1.56. The zero-order valence-corrected chi connectivity index (χ0v) is 18.3. The van der Waals surface area contributed by atoms with Crippen LogP contribution in [0.5, 0.6) is 5.75 Å². The van der Waals surface area contributed by atoms with Crippen LogP contribution in [0.15, 0.2) is 72.4 Å². The minimum Gasteiger partial charge on any atom is -0.497 e. The van der Waals surface area contributed by atoms with Crippen molar-refractivity contribution in [3.63, 3.8) is 0 Å². The van der Waals surface area contributed by atoms with E-state index in [1.807, 2.05) is 13.0 Å². The van der Waals surface area contributed by atoms with Gasteiger partial charge in [0.2, 0.25) is 0 Å². The van der Waals surface area contributed by atoms with Crippen molar-refractivity contribution in [1.29, 1.82) is 0 Å². The maximum absolute atomic E-state index is 13.4. The summed E-state index contributed by atoms with van der Waals surface area (Å²) in [5.41, 5.74) is 2.91. The lowest BCUT2D eigenvalue weighted by Gasteiger charge is -2.15. The Morgan fingerprint density at radius 3 is 2.29 bits per heavy atom. The van der Waals surface area contributed by atoms with Crippen molar-refractivity contribution in [2.45, 2.75) is 6.92 Å². The third kappa shape index (κ3) is 4.02. The number of halogens is 2. The van der Waals surface area contributed by atoms with E-state index in [2.05, 4.69) is 5.32 Å². The average Bonchev–Trinajstić information content (AvgIpc) is 3.00. The van der Waals surface area contributed by atoms with Crippen molar-refractivity contribution in [3.8, 4) is 5.75 Å². The summed E-state index contributed by atoms with van der Waals surface area (Å²) in [6.45, 7) is 1.89. The number of hydrogen-bond acceptors (Lipinski definition) is 4.